The molecular weight excluding hydrogens is 376 g/mol. The quantitative estimate of drug-likeness (QED) is 0.469. The molecule has 1 aliphatic heterocycles. The monoisotopic (exact) mass is 400 g/mol. The number of hydrogen-bond donors (Lipinski definition) is 1. The summed E-state index contributed by atoms with van der Waals surface area (Å²) in [5.41, 5.74) is 2.17. The van der Waals surface area contributed by atoms with Crippen molar-refractivity contribution in [3.63, 3.8) is 0 Å². The van der Waals surface area contributed by atoms with E-state index in [0.29, 0.717) is 35.5 Å². The van der Waals surface area contributed by atoms with Crippen molar-refractivity contribution in [3.8, 4) is 0 Å². The highest BCUT2D eigenvalue weighted by Crippen LogP contribution is 2.43. The molecule has 1 saturated carbocycles. The fraction of sp³-hybridized carbons (Fsp3) is 0.550. The van der Waals surface area contributed by atoms with Crippen LogP contribution in [0.3, 0.4) is 0 Å². The molecule has 9 nitrogen and oxygen atoms in total. The number of imidazole rings is 1. The molecule has 29 heavy (non-hydrogen) atoms. The van der Waals surface area contributed by atoms with Gasteiger partial charge in [-0.2, -0.15) is 0 Å². The number of nitro groups is 1. The minimum absolute atomic E-state index is 0.0620. The maximum absolute atomic E-state index is 13.2. The molecule has 1 fully saturated rings. The maximum atomic E-state index is 13.2. The molecule has 1 atom stereocenters. The number of carbonyl (C=O) groups is 2. The number of nitrogens with zero attached hydrogens (tertiary/aromatic N) is 3. The number of esters is 1. The Morgan fingerprint density at radius 1 is 1.31 bits per heavy atom. The lowest BCUT2D eigenvalue weighted by Gasteiger charge is -2.32. The standard InChI is InChI=1S/C20H24N4O5/c1-11-16(20(26)29-12-6-3-4-7-12)18(17-13(22-11)8-5-9-14(17)25)19-21-10-15(23(19)2)24(27)28/h10,12,18,22H,3-9H2,1-2H3. The number of nitrogens with one attached hydrogen (secondary N) is 1. The topological polar surface area (TPSA) is 116 Å². The molecule has 4 rings (SSSR count). The van der Waals surface area contributed by atoms with E-state index in [0.717, 1.165) is 37.8 Å². The number of hydrogen-bond acceptors (Lipinski definition) is 7. The van der Waals surface area contributed by atoms with Gasteiger partial charge in [0.25, 0.3) is 0 Å². The molecule has 1 unspecified atom stereocenters. The minimum Gasteiger partial charge on any atom is -0.459 e. The van der Waals surface area contributed by atoms with Gasteiger partial charge >= 0.3 is 11.8 Å². The van der Waals surface area contributed by atoms with Gasteiger partial charge in [0.05, 0.1) is 12.6 Å². The molecule has 2 heterocycles. The first-order valence-corrected chi connectivity index (χ1v) is 9.99. The summed E-state index contributed by atoms with van der Waals surface area (Å²) in [6, 6.07) is 0. The lowest BCUT2D eigenvalue weighted by Crippen LogP contribution is -2.36. The van der Waals surface area contributed by atoms with Gasteiger partial charge in [-0.15, -0.1) is 0 Å². The van der Waals surface area contributed by atoms with Gasteiger partial charge < -0.3 is 20.2 Å². The molecule has 9 heteroatoms. The zero-order chi connectivity index (χ0) is 20.7. The Hall–Kier alpha value is -2.97. The van der Waals surface area contributed by atoms with Crippen molar-refractivity contribution in [2.24, 2.45) is 7.05 Å². The van der Waals surface area contributed by atoms with Crippen molar-refractivity contribution >= 4 is 17.6 Å². The number of rotatable bonds is 4. The summed E-state index contributed by atoms with van der Waals surface area (Å²) in [5, 5.41) is 14.5. The lowest BCUT2D eigenvalue weighted by atomic mass is 9.78. The molecule has 0 saturated heterocycles. The van der Waals surface area contributed by atoms with Crippen molar-refractivity contribution in [3.05, 3.63) is 44.7 Å². The molecular formula is C20H24N4O5. The second kappa shape index (κ2) is 7.46. The molecule has 154 valence electrons. The van der Waals surface area contributed by atoms with Crippen molar-refractivity contribution in [2.75, 3.05) is 0 Å². The van der Waals surface area contributed by atoms with Gasteiger partial charge in [-0.05, 0) is 50.4 Å². The fourth-order valence-corrected chi connectivity index (χ4v) is 4.59. The van der Waals surface area contributed by atoms with Crippen LogP contribution in [0.2, 0.25) is 0 Å². The van der Waals surface area contributed by atoms with Crippen LogP contribution in [0, 0.1) is 10.1 Å². The Balaban J connectivity index is 1.80. The zero-order valence-corrected chi connectivity index (χ0v) is 16.6. The van der Waals surface area contributed by atoms with Crippen LogP contribution in [0.25, 0.3) is 0 Å². The fourth-order valence-electron chi connectivity index (χ4n) is 4.59. The van der Waals surface area contributed by atoms with E-state index in [4.69, 9.17) is 4.74 Å². The second-order valence-electron chi connectivity index (χ2n) is 7.87. The van der Waals surface area contributed by atoms with Crippen LogP contribution in [0.1, 0.15) is 63.6 Å². The number of dihydropyridines is 1. The molecule has 1 aromatic heterocycles. The summed E-state index contributed by atoms with van der Waals surface area (Å²) in [5.74, 6) is -1.20. The largest absolute Gasteiger partial charge is 0.459 e. The molecule has 1 N–H and O–H groups in total. The minimum atomic E-state index is -0.772. The SMILES string of the molecule is CC1=C(C(=O)OC2CCCC2)C(c2ncc([N+](=O)[O-])n2C)C2=C(CCCC2=O)N1. The summed E-state index contributed by atoms with van der Waals surface area (Å²) in [6.07, 6.45) is 6.55. The van der Waals surface area contributed by atoms with E-state index in [1.807, 2.05) is 0 Å². The van der Waals surface area contributed by atoms with Crippen LogP contribution in [-0.2, 0) is 21.4 Å². The first kappa shape index (κ1) is 19.4. The van der Waals surface area contributed by atoms with Crippen molar-refractivity contribution in [1.82, 2.24) is 14.9 Å². The van der Waals surface area contributed by atoms with E-state index in [-0.39, 0.29) is 17.7 Å². The number of aromatic nitrogens is 2. The van der Waals surface area contributed by atoms with Crippen LogP contribution in [-0.4, -0.2) is 32.3 Å². The third-order valence-electron chi connectivity index (χ3n) is 6.02. The number of Topliss-reactive ketones (excluding diaryl/α,β-unsaturated/α-hetero) is 1. The van der Waals surface area contributed by atoms with Gasteiger partial charge in [-0.1, -0.05) is 0 Å². The first-order chi connectivity index (χ1) is 13.9. The summed E-state index contributed by atoms with van der Waals surface area (Å²) < 4.78 is 7.09. The van der Waals surface area contributed by atoms with Gasteiger partial charge in [-0.3, -0.25) is 4.79 Å². The molecule has 0 radical (unpaired) electrons. The molecule has 0 bridgehead atoms. The smallest absolute Gasteiger partial charge is 0.342 e. The van der Waals surface area contributed by atoms with Crippen LogP contribution in [0.4, 0.5) is 5.82 Å². The summed E-state index contributed by atoms with van der Waals surface area (Å²) >= 11 is 0. The molecule has 2 aliphatic carbocycles. The average Bonchev–Trinajstić information content (AvgIpc) is 3.30. The van der Waals surface area contributed by atoms with Crippen LogP contribution >= 0.6 is 0 Å². The normalized spacial score (nSPS) is 22.6. The summed E-state index contributed by atoms with van der Waals surface area (Å²) in [7, 11) is 1.53. The predicted molar refractivity (Wildman–Crippen MR) is 103 cm³/mol. The summed E-state index contributed by atoms with van der Waals surface area (Å²) in [4.78, 5) is 41.0. The Labute approximate surface area is 168 Å². The van der Waals surface area contributed by atoms with Gasteiger partial charge in [0.15, 0.2) is 5.78 Å². The lowest BCUT2D eigenvalue weighted by molar-refractivity contribution is -0.391. The van der Waals surface area contributed by atoms with Gasteiger partial charge in [0.2, 0.25) is 5.82 Å². The number of ketones is 1. The van der Waals surface area contributed by atoms with Crippen LogP contribution in [0.15, 0.2) is 28.7 Å². The first-order valence-electron chi connectivity index (χ1n) is 9.99. The van der Waals surface area contributed by atoms with Gasteiger partial charge in [0.1, 0.15) is 18.2 Å². The predicted octanol–water partition coefficient (Wildman–Crippen LogP) is 2.78. The zero-order valence-electron chi connectivity index (χ0n) is 16.6. The Morgan fingerprint density at radius 3 is 2.69 bits per heavy atom. The Bertz CT molecular complexity index is 952. The highest BCUT2D eigenvalue weighted by Gasteiger charge is 2.43. The average molecular weight is 400 g/mol. The molecule has 0 amide bonds. The van der Waals surface area contributed by atoms with E-state index in [1.54, 1.807) is 6.92 Å². The highest BCUT2D eigenvalue weighted by atomic mass is 16.6. The molecule has 3 aliphatic rings. The van der Waals surface area contributed by atoms with Crippen LogP contribution < -0.4 is 5.32 Å². The summed E-state index contributed by atoms with van der Waals surface area (Å²) in [6.45, 7) is 1.78. The third kappa shape index (κ3) is 3.34. The van der Waals surface area contributed by atoms with E-state index in [2.05, 4.69) is 10.3 Å². The molecule has 0 aromatic carbocycles. The van der Waals surface area contributed by atoms with E-state index < -0.39 is 16.8 Å². The number of allylic oxidation sites excluding steroid dienone is 3. The van der Waals surface area contributed by atoms with Crippen molar-refractivity contribution < 1.29 is 19.2 Å². The Morgan fingerprint density at radius 2 is 2.03 bits per heavy atom. The van der Waals surface area contributed by atoms with Crippen molar-refractivity contribution in [2.45, 2.75) is 63.9 Å². The Kier molecular flexibility index (Phi) is 4.97. The second-order valence-corrected chi connectivity index (χ2v) is 7.87. The van der Waals surface area contributed by atoms with E-state index >= 15 is 0 Å². The van der Waals surface area contributed by atoms with Crippen molar-refractivity contribution in [1.29, 1.82) is 0 Å². The number of ether oxygens (including phenoxy) is 1. The number of carbonyl (C=O) groups excluding carboxylic acids is 2. The van der Waals surface area contributed by atoms with E-state index in [9.17, 15) is 19.7 Å². The highest BCUT2D eigenvalue weighted by molar-refractivity contribution is 6.03. The van der Waals surface area contributed by atoms with Crippen LogP contribution in [0.5, 0.6) is 0 Å². The third-order valence-corrected chi connectivity index (χ3v) is 6.02. The molecule has 1 aromatic rings. The van der Waals surface area contributed by atoms with E-state index in [1.165, 1.54) is 17.8 Å². The maximum Gasteiger partial charge on any atom is 0.342 e. The molecule has 0 spiro atoms. The van der Waals surface area contributed by atoms with Gasteiger partial charge in [0, 0.05) is 23.4 Å². The van der Waals surface area contributed by atoms with Gasteiger partial charge in [-0.25, -0.2) is 14.3 Å².